The first kappa shape index (κ1) is 21.8. The average Bonchev–Trinajstić information content (AvgIpc) is 3.43. The van der Waals surface area contributed by atoms with Crippen LogP contribution in [0.15, 0.2) is 45.6 Å². The van der Waals surface area contributed by atoms with Crippen LogP contribution in [0.5, 0.6) is 0 Å². The van der Waals surface area contributed by atoms with Gasteiger partial charge in [-0.05, 0) is 41.1 Å². The Morgan fingerprint density at radius 3 is 2.56 bits per heavy atom. The summed E-state index contributed by atoms with van der Waals surface area (Å²) in [5, 5.41) is 0.469. The molecule has 0 unspecified atom stereocenters. The number of furan rings is 1. The minimum Gasteiger partial charge on any atom is -0.465 e. The highest BCUT2D eigenvalue weighted by atomic mass is 79.9. The van der Waals surface area contributed by atoms with Crippen LogP contribution in [0.4, 0.5) is 0 Å². The number of nitrogens with one attached hydrogen (secondary N) is 1. The van der Waals surface area contributed by atoms with E-state index in [2.05, 4.69) is 20.9 Å². The smallest absolute Gasteiger partial charge is 0.339 e. The number of carbonyl (C=O) groups excluding carboxylic acids is 4. The van der Waals surface area contributed by atoms with Gasteiger partial charge in [-0.1, -0.05) is 12.1 Å². The lowest BCUT2D eigenvalue weighted by Gasteiger charge is -2.39. The van der Waals surface area contributed by atoms with Crippen LogP contribution in [0.3, 0.4) is 0 Å². The number of aromatic amines is 1. The molecule has 0 bridgehead atoms. The third-order valence-electron chi connectivity index (χ3n) is 5.52. The molecule has 32 heavy (non-hydrogen) atoms. The van der Waals surface area contributed by atoms with Gasteiger partial charge in [-0.3, -0.25) is 14.4 Å². The highest BCUT2D eigenvalue weighted by molar-refractivity contribution is 9.10. The predicted molar refractivity (Wildman–Crippen MR) is 117 cm³/mol. The topological polar surface area (TPSA) is 113 Å². The number of benzene rings is 1. The zero-order valence-electron chi connectivity index (χ0n) is 17.4. The molecule has 10 heteroatoms. The number of esters is 1. The van der Waals surface area contributed by atoms with E-state index in [4.69, 9.17) is 9.15 Å². The molecule has 1 N–H and O–H groups in total. The van der Waals surface area contributed by atoms with Crippen molar-refractivity contribution in [3.63, 3.8) is 0 Å². The van der Waals surface area contributed by atoms with E-state index in [1.165, 1.54) is 18.2 Å². The van der Waals surface area contributed by atoms with E-state index >= 15 is 0 Å². The number of hydrogen-bond donors (Lipinski definition) is 1. The lowest BCUT2D eigenvalue weighted by atomic mass is 10.0. The third-order valence-corrected chi connectivity index (χ3v) is 5.95. The number of methoxy groups -OCH3 is 1. The summed E-state index contributed by atoms with van der Waals surface area (Å²) >= 11 is 3.18. The zero-order valence-corrected chi connectivity index (χ0v) is 19.0. The summed E-state index contributed by atoms with van der Waals surface area (Å²) in [7, 11) is 1.27. The van der Waals surface area contributed by atoms with Crippen LogP contribution in [-0.4, -0.2) is 71.1 Å². The summed E-state index contributed by atoms with van der Waals surface area (Å²) in [5.74, 6) is -1.94. The van der Waals surface area contributed by atoms with Crippen LogP contribution in [0, 0.1) is 0 Å². The van der Waals surface area contributed by atoms with Crippen molar-refractivity contribution in [3.05, 3.63) is 58.1 Å². The molecule has 1 atom stereocenters. The Morgan fingerprint density at radius 2 is 1.91 bits per heavy atom. The average molecular weight is 502 g/mol. The van der Waals surface area contributed by atoms with Crippen molar-refractivity contribution in [2.45, 2.75) is 13.0 Å². The second-order valence-electron chi connectivity index (χ2n) is 7.45. The van der Waals surface area contributed by atoms with Crippen LogP contribution < -0.4 is 0 Å². The first-order valence-corrected chi connectivity index (χ1v) is 10.7. The SMILES string of the molecule is COC(=O)c1cccc2c(C(=O)C(=O)N3CCN(C(=O)c4ccc(Br)o4)C[C@H]3C)c[nH]c12. The zero-order chi connectivity index (χ0) is 23.0. The van der Waals surface area contributed by atoms with Crippen molar-refractivity contribution in [3.8, 4) is 0 Å². The van der Waals surface area contributed by atoms with Crippen molar-refractivity contribution in [1.29, 1.82) is 0 Å². The van der Waals surface area contributed by atoms with Crippen molar-refractivity contribution in [2.24, 2.45) is 0 Å². The highest BCUT2D eigenvalue weighted by Gasteiger charge is 2.35. The molecular formula is C22H20BrN3O6. The lowest BCUT2D eigenvalue weighted by Crippen LogP contribution is -2.56. The van der Waals surface area contributed by atoms with E-state index < -0.39 is 17.7 Å². The monoisotopic (exact) mass is 501 g/mol. The maximum absolute atomic E-state index is 13.0. The Bertz CT molecular complexity index is 1230. The van der Waals surface area contributed by atoms with Gasteiger partial charge in [0, 0.05) is 37.3 Å². The fourth-order valence-electron chi connectivity index (χ4n) is 3.90. The Labute approximate surface area is 191 Å². The van der Waals surface area contributed by atoms with E-state index in [9.17, 15) is 19.2 Å². The molecule has 3 heterocycles. The van der Waals surface area contributed by atoms with Crippen LogP contribution in [-0.2, 0) is 9.53 Å². The van der Waals surface area contributed by atoms with Gasteiger partial charge in [0.05, 0.1) is 23.8 Å². The van der Waals surface area contributed by atoms with Gasteiger partial charge in [-0.25, -0.2) is 4.79 Å². The predicted octanol–water partition coefficient (Wildman–Crippen LogP) is 2.87. The largest absolute Gasteiger partial charge is 0.465 e. The summed E-state index contributed by atoms with van der Waals surface area (Å²) in [5.41, 5.74) is 0.895. The van der Waals surface area contributed by atoms with Crippen molar-refractivity contribution < 1.29 is 28.3 Å². The normalized spacial score (nSPS) is 16.3. The van der Waals surface area contributed by atoms with E-state index in [1.54, 1.807) is 42.2 Å². The highest BCUT2D eigenvalue weighted by Crippen LogP contribution is 2.24. The summed E-state index contributed by atoms with van der Waals surface area (Å²) in [6.45, 7) is 2.56. The molecule has 0 aliphatic carbocycles. The van der Waals surface area contributed by atoms with Gasteiger partial charge in [0.2, 0.25) is 0 Å². The van der Waals surface area contributed by atoms with Crippen molar-refractivity contribution in [1.82, 2.24) is 14.8 Å². The summed E-state index contributed by atoms with van der Waals surface area (Å²) in [6, 6.07) is 7.73. The lowest BCUT2D eigenvalue weighted by molar-refractivity contribution is -0.130. The fourth-order valence-corrected chi connectivity index (χ4v) is 4.20. The number of fused-ring (bicyclic) bond motifs is 1. The third kappa shape index (κ3) is 3.81. The van der Waals surface area contributed by atoms with E-state index in [1.807, 2.05) is 0 Å². The number of rotatable bonds is 4. The molecule has 1 saturated heterocycles. The second-order valence-corrected chi connectivity index (χ2v) is 8.24. The number of halogens is 1. The first-order chi connectivity index (χ1) is 15.3. The number of nitrogens with zero attached hydrogens (tertiary/aromatic N) is 2. The molecule has 2 amide bonds. The second kappa shape index (κ2) is 8.62. The number of H-pyrrole nitrogens is 1. The number of para-hydroxylation sites is 1. The Hall–Kier alpha value is -3.40. The molecule has 4 rings (SSSR count). The van der Waals surface area contributed by atoms with Crippen LogP contribution >= 0.6 is 15.9 Å². The molecule has 9 nitrogen and oxygen atoms in total. The molecule has 0 spiro atoms. The van der Waals surface area contributed by atoms with E-state index in [0.29, 0.717) is 15.6 Å². The van der Waals surface area contributed by atoms with Crippen LogP contribution in [0.2, 0.25) is 0 Å². The molecule has 1 aromatic carbocycles. The van der Waals surface area contributed by atoms with Gasteiger partial charge in [0.1, 0.15) is 0 Å². The van der Waals surface area contributed by atoms with Gasteiger partial charge in [-0.2, -0.15) is 0 Å². The fraction of sp³-hybridized carbons (Fsp3) is 0.273. The Balaban J connectivity index is 1.51. The molecule has 1 aliphatic heterocycles. The number of Topliss-reactive ketones (excluding diaryl/α,β-unsaturated/α-hetero) is 1. The maximum atomic E-state index is 13.0. The quantitative estimate of drug-likeness (QED) is 0.334. The van der Waals surface area contributed by atoms with Crippen molar-refractivity contribution >= 4 is 50.4 Å². The molecular weight excluding hydrogens is 482 g/mol. The molecule has 1 fully saturated rings. The Morgan fingerprint density at radius 1 is 1.12 bits per heavy atom. The van der Waals surface area contributed by atoms with Crippen LogP contribution in [0.25, 0.3) is 10.9 Å². The number of carbonyl (C=O) groups is 4. The van der Waals surface area contributed by atoms with Gasteiger partial charge in [-0.15, -0.1) is 0 Å². The molecule has 0 radical (unpaired) electrons. The minimum absolute atomic E-state index is 0.182. The number of piperazine rings is 1. The molecule has 1 aliphatic rings. The molecule has 2 aromatic heterocycles. The maximum Gasteiger partial charge on any atom is 0.339 e. The Kier molecular flexibility index (Phi) is 5.88. The standard InChI is InChI=1S/C22H20BrN3O6/c1-12-11-25(20(28)16-6-7-17(23)32-16)8-9-26(12)21(29)19(27)15-10-24-18-13(15)4-3-5-14(18)22(30)31-2/h3-7,10,12,24H,8-9,11H2,1-2H3/t12-/m1/s1. The number of ketones is 1. The minimum atomic E-state index is -0.681. The van der Waals surface area contributed by atoms with Gasteiger partial charge in [0.25, 0.3) is 17.6 Å². The number of amides is 2. The molecule has 0 saturated carbocycles. The molecule has 3 aromatic rings. The van der Waals surface area contributed by atoms with Gasteiger partial charge in [0.15, 0.2) is 10.4 Å². The first-order valence-electron chi connectivity index (χ1n) is 9.90. The van der Waals surface area contributed by atoms with E-state index in [-0.39, 0.29) is 48.5 Å². The van der Waals surface area contributed by atoms with Gasteiger partial charge >= 0.3 is 5.97 Å². The number of hydrogen-bond acceptors (Lipinski definition) is 6. The summed E-state index contributed by atoms with van der Waals surface area (Å²) in [4.78, 5) is 56.6. The number of aromatic nitrogens is 1. The van der Waals surface area contributed by atoms with Gasteiger partial charge < -0.3 is 23.9 Å². The van der Waals surface area contributed by atoms with Crippen molar-refractivity contribution in [2.75, 3.05) is 26.7 Å². The summed E-state index contributed by atoms with van der Waals surface area (Å²) < 4.78 is 10.6. The number of ether oxygens (including phenoxy) is 1. The van der Waals surface area contributed by atoms with E-state index in [0.717, 1.165) is 0 Å². The molecule has 166 valence electrons. The summed E-state index contributed by atoms with van der Waals surface area (Å²) in [6.07, 6.45) is 1.43. The van der Waals surface area contributed by atoms with Crippen LogP contribution in [0.1, 0.15) is 38.2 Å².